The van der Waals surface area contributed by atoms with E-state index < -0.39 is 21.8 Å². The van der Waals surface area contributed by atoms with Crippen molar-refractivity contribution in [1.29, 1.82) is 0 Å². The zero-order valence-corrected chi connectivity index (χ0v) is 19.2. The van der Waals surface area contributed by atoms with Crippen LogP contribution in [0.15, 0.2) is 53.4 Å². The molecule has 2 aromatic rings. The summed E-state index contributed by atoms with van der Waals surface area (Å²) in [5, 5.41) is 0. The molecule has 4 rings (SSSR count). The predicted octanol–water partition coefficient (Wildman–Crippen LogP) is 5.05. The van der Waals surface area contributed by atoms with Crippen LogP contribution in [0.4, 0.5) is 17.6 Å². The van der Waals surface area contributed by atoms with Gasteiger partial charge in [-0.15, -0.1) is 0 Å². The van der Waals surface area contributed by atoms with Crippen LogP contribution < -0.4 is 4.72 Å². The molecule has 1 amide bonds. The Hall–Kier alpha value is -2.46. The van der Waals surface area contributed by atoms with Crippen molar-refractivity contribution >= 4 is 15.9 Å². The Balaban J connectivity index is 1.34. The molecule has 34 heavy (non-hydrogen) atoms. The van der Waals surface area contributed by atoms with Crippen molar-refractivity contribution in [2.45, 2.75) is 61.7 Å². The van der Waals surface area contributed by atoms with E-state index in [1.54, 1.807) is 12.1 Å². The molecule has 1 saturated carbocycles. The van der Waals surface area contributed by atoms with Crippen LogP contribution in [0.2, 0.25) is 0 Å². The van der Waals surface area contributed by atoms with Gasteiger partial charge in [-0.05, 0) is 80.5 Å². The molecule has 1 saturated heterocycles. The molecular weight excluding hydrogens is 472 g/mol. The van der Waals surface area contributed by atoms with Crippen LogP contribution in [0.1, 0.15) is 55.7 Å². The van der Waals surface area contributed by atoms with Gasteiger partial charge in [0.15, 0.2) is 0 Å². The lowest BCUT2D eigenvalue weighted by Gasteiger charge is -2.33. The molecule has 1 N–H and O–H groups in total. The number of nitrogens with one attached hydrogen (secondary N) is 1. The van der Waals surface area contributed by atoms with E-state index in [2.05, 4.69) is 4.72 Å². The summed E-state index contributed by atoms with van der Waals surface area (Å²) < 4.78 is 79.3. The molecule has 1 atom stereocenters. The van der Waals surface area contributed by atoms with Crippen molar-refractivity contribution in [3.05, 3.63) is 65.5 Å². The Morgan fingerprint density at radius 2 is 1.53 bits per heavy atom. The van der Waals surface area contributed by atoms with Crippen molar-refractivity contribution in [3.63, 3.8) is 0 Å². The largest absolute Gasteiger partial charge is 0.416 e. The van der Waals surface area contributed by atoms with Crippen molar-refractivity contribution < 1.29 is 30.8 Å². The average molecular weight is 499 g/mol. The predicted molar refractivity (Wildman–Crippen MR) is 118 cm³/mol. The van der Waals surface area contributed by atoms with E-state index >= 15 is 0 Å². The smallest absolute Gasteiger partial charge is 0.335 e. The number of sulfonamides is 1. The van der Waals surface area contributed by atoms with Gasteiger partial charge in [0, 0.05) is 18.5 Å². The minimum Gasteiger partial charge on any atom is -0.335 e. The van der Waals surface area contributed by atoms with Gasteiger partial charge in [0.1, 0.15) is 5.82 Å². The van der Waals surface area contributed by atoms with Crippen LogP contribution in [0.5, 0.6) is 0 Å². The number of carbonyl (C=O) groups is 1. The lowest BCUT2D eigenvalue weighted by molar-refractivity contribution is -0.138. The maximum absolute atomic E-state index is 13.3. The van der Waals surface area contributed by atoms with Crippen LogP contribution in [-0.4, -0.2) is 31.8 Å². The molecule has 184 valence electrons. The fraction of sp³-hybridized carbons (Fsp3) is 0.458. The molecule has 0 aromatic heterocycles. The highest BCUT2D eigenvalue weighted by Gasteiger charge is 2.36. The number of rotatable bonds is 5. The van der Waals surface area contributed by atoms with Crippen LogP contribution in [0.3, 0.4) is 0 Å². The molecule has 1 aliphatic carbocycles. The van der Waals surface area contributed by atoms with Gasteiger partial charge in [-0.2, -0.15) is 13.2 Å². The van der Waals surface area contributed by atoms with Gasteiger partial charge >= 0.3 is 6.18 Å². The first-order chi connectivity index (χ1) is 16.0. The SMILES string of the molecule is O=C(C1CCC(NS(=O)(=O)c2ccc(C(F)(F)F)cc2)CC1)N1CCCC1c1ccc(F)cc1. The lowest BCUT2D eigenvalue weighted by atomic mass is 9.85. The Morgan fingerprint density at radius 1 is 0.912 bits per heavy atom. The molecule has 5 nitrogen and oxygen atoms in total. The first-order valence-electron chi connectivity index (χ1n) is 11.3. The molecule has 1 unspecified atom stereocenters. The normalized spacial score (nSPS) is 23.8. The van der Waals surface area contributed by atoms with E-state index in [0.717, 1.165) is 42.7 Å². The second-order valence-electron chi connectivity index (χ2n) is 8.93. The van der Waals surface area contributed by atoms with Crippen molar-refractivity contribution in [1.82, 2.24) is 9.62 Å². The number of hydrogen-bond acceptors (Lipinski definition) is 3. The van der Waals surface area contributed by atoms with Crippen LogP contribution >= 0.6 is 0 Å². The number of benzene rings is 2. The van der Waals surface area contributed by atoms with Crippen LogP contribution in [-0.2, 0) is 21.0 Å². The number of nitrogens with zero attached hydrogens (tertiary/aromatic N) is 1. The van der Waals surface area contributed by atoms with Crippen LogP contribution in [0, 0.1) is 11.7 Å². The molecule has 2 aliphatic rings. The summed E-state index contributed by atoms with van der Waals surface area (Å²) in [6.45, 7) is 0.640. The molecule has 2 fully saturated rings. The van der Waals surface area contributed by atoms with Gasteiger partial charge in [0.25, 0.3) is 0 Å². The summed E-state index contributed by atoms with van der Waals surface area (Å²) >= 11 is 0. The standard InChI is InChI=1S/C24H26F4N2O3S/c25-19-9-3-16(4-10-19)22-2-1-15-30(22)23(31)17-5-11-20(12-6-17)29-34(32,33)21-13-7-18(8-14-21)24(26,27)28/h3-4,7-10,13-14,17,20,22,29H,1-2,5-6,11-12,15H2. The van der Waals surface area contributed by atoms with Gasteiger partial charge in [-0.3, -0.25) is 4.79 Å². The van der Waals surface area contributed by atoms with Crippen molar-refractivity contribution in [2.75, 3.05) is 6.54 Å². The van der Waals surface area contributed by atoms with E-state index in [1.807, 2.05) is 4.90 Å². The highest BCUT2D eigenvalue weighted by atomic mass is 32.2. The third kappa shape index (κ3) is 5.43. The van der Waals surface area contributed by atoms with Gasteiger partial charge in [0.2, 0.25) is 15.9 Å². The minimum absolute atomic E-state index is 0.0378. The van der Waals surface area contributed by atoms with Gasteiger partial charge < -0.3 is 4.90 Å². The zero-order valence-electron chi connectivity index (χ0n) is 18.4. The Kier molecular flexibility index (Phi) is 7.00. The van der Waals surface area contributed by atoms with Crippen LogP contribution in [0.25, 0.3) is 0 Å². The summed E-state index contributed by atoms with van der Waals surface area (Å²) in [5.41, 5.74) is -0.00318. The van der Waals surface area contributed by atoms with E-state index in [4.69, 9.17) is 0 Å². The average Bonchev–Trinajstić information content (AvgIpc) is 3.29. The minimum atomic E-state index is -4.54. The van der Waals surface area contributed by atoms with E-state index in [0.29, 0.717) is 32.2 Å². The summed E-state index contributed by atoms with van der Waals surface area (Å²) in [6.07, 6.45) is -0.880. The molecule has 0 bridgehead atoms. The van der Waals surface area contributed by atoms with Gasteiger partial charge in [0.05, 0.1) is 16.5 Å². The molecule has 10 heteroatoms. The number of alkyl halides is 3. The second kappa shape index (κ2) is 9.65. The molecule has 1 aliphatic heterocycles. The molecular formula is C24H26F4N2O3S. The van der Waals surface area contributed by atoms with E-state index in [1.165, 1.54) is 12.1 Å². The summed E-state index contributed by atoms with van der Waals surface area (Å²) in [5.74, 6) is -0.500. The molecule has 1 heterocycles. The van der Waals surface area contributed by atoms with E-state index in [-0.39, 0.29) is 34.6 Å². The maximum Gasteiger partial charge on any atom is 0.416 e. The maximum atomic E-state index is 13.3. The zero-order chi connectivity index (χ0) is 24.5. The monoisotopic (exact) mass is 498 g/mol. The summed E-state index contributed by atoms with van der Waals surface area (Å²) in [4.78, 5) is 14.8. The fourth-order valence-corrected chi connectivity index (χ4v) is 6.17. The molecule has 0 radical (unpaired) electrons. The third-order valence-corrected chi connectivity index (χ3v) is 8.22. The summed E-state index contributed by atoms with van der Waals surface area (Å²) in [7, 11) is -3.97. The molecule has 2 aromatic carbocycles. The van der Waals surface area contributed by atoms with Crippen molar-refractivity contribution in [3.8, 4) is 0 Å². The Labute approximate surface area is 196 Å². The third-order valence-electron chi connectivity index (χ3n) is 6.68. The number of likely N-dealkylation sites (tertiary alicyclic amines) is 1. The topological polar surface area (TPSA) is 66.5 Å². The second-order valence-corrected chi connectivity index (χ2v) is 10.6. The lowest BCUT2D eigenvalue weighted by Crippen LogP contribution is -2.42. The highest BCUT2D eigenvalue weighted by Crippen LogP contribution is 2.36. The van der Waals surface area contributed by atoms with E-state index in [9.17, 15) is 30.8 Å². The number of hydrogen-bond donors (Lipinski definition) is 1. The number of amides is 1. The fourth-order valence-electron chi connectivity index (χ4n) is 4.87. The number of carbonyl (C=O) groups excluding carboxylic acids is 1. The summed E-state index contributed by atoms with van der Waals surface area (Å²) in [6, 6.07) is 9.12. The Morgan fingerprint density at radius 3 is 2.12 bits per heavy atom. The first-order valence-corrected chi connectivity index (χ1v) is 12.8. The van der Waals surface area contributed by atoms with Gasteiger partial charge in [-0.1, -0.05) is 12.1 Å². The molecule has 0 spiro atoms. The van der Waals surface area contributed by atoms with Gasteiger partial charge in [-0.25, -0.2) is 17.5 Å². The quantitative estimate of drug-likeness (QED) is 0.587. The number of halogens is 4. The van der Waals surface area contributed by atoms with Crippen molar-refractivity contribution in [2.24, 2.45) is 5.92 Å². The highest BCUT2D eigenvalue weighted by molar-refractivity contribution is 7.89. The first kappa shape index (κ1) is 24.7. The Bertz CT molecular complexity index is 1110.